The van der Waals surface area contributed by atoms with Crippen LogP contribution < -0.4 is 4.90 Å². The average molecular weight is 703 g/mol. The Morgan fingerprint density at radius 3 is 1.44 bits per heavy atom. The normalized spacial score (nSPS) is 12.2. The maximum atomic E-state index is 2.41. The van der Waals surface area contributed by atoms with E-state index in [-0.39, 0.29) is 5.41 Å². The highest BCUT2D eigenvalue weighted by Crippen LogP contribution is 2.51. The van der Waals surface area contributed by atoms with Gasteiger partial charge in [0.1, 0.15) is 0 Å². The molecule has 1 heterocycles. The van der Waals surface area contributed by atoms with Gasteiger partial charge >= 0.3 is 0 Å². The van der Waals surface area contributed by atoms with Crippen LogP contribution in [-0.2, 0) is 5.41 Å². The predicted molar refractivity (Wildman–Crippen MR) is 233 cm³/mol. The fourth-order valence-corrected chi connectivity index (χ4v) is 8.95. The minimum Gasteiger partial charge on any atom is -0.310 e. The Hall–Kier alpha value is -6.90. The molecule has 2 heteroatoms. The maximum Gasteiger partial charge on any atom is 0.0541 e. The molecule has 11 rings (SSSR count). The maximum absolute atomic E-state index is 2.41. The van der Waals surface area contributed by atoms with E-state index in [2.05, 4.69) is 217 Å². The summed E-state index contributed by atoms with van der Waals surface area (Å²) in [6, 6.07) is 71.4. The molecule has 0 fully saturated rings. The van der Waals surface area contributed by atoms with Gasteiger partial charge in [0.2, 0.25) is 0 Å². The van der Waals surface area contributed by atoms with E-state index >= 15 is 0 Å². The zero-order valence-electron chi connectivity index (χ0n) is 30.9. The van der Waals surface area contributed by atoms with Crippen LogP contribution in [0.15, 0.2) is 194 Å². The summed E-state index contributed by atoms with van der Waals surface area (Å²) in [6.07, 6.45) is 0. The van der Waals surface area contributed by atoms with Crippen LogP contribution in [0.1, 0.15) is 25.0 Å². The van der Waals surface area contributed by atoms with Crippen LogP contribution in [0.25, 0.3) is 71.3 Å². The number of benzene rings is 9. The summed E-state index contributed by atoms with van der Waals surface area (Å²) in [5, 5.41) is 7.58. The molecule has 0 N–H and O–H groups in total. The standard InChI is InChI=1S/C53H38N2/c1-53(2,39-13-5-3-6-14-39)40-23-27-42(28-24-40)54(41-15-7-4-8-16-41)43-25-21-35-31-47-48-32-36-22-26-44(30-38(36)34-50(48)49(47)33-37(35)29-43)55-51-19-11-9-17-45(51)46-18-10-12-20-52(46)55/h3-34H,1-2H3. The summed E-state index contributed by atoms with van der Waals surface area (Å²) in [7, 11) is 0. The highest BCUT2D eigenvalue weighted by Gasteiger charge is 2.26. The molecule has 0 saturated carbocycles. The van der Waals surface area contributed by atoms with Gasteiger partial charge in [-0.15, -0.1) is 0 Å². The van der Waals surface area contributed by atoms with Crippen molar-refractivity contribution in [2.24, 2.45) is 0 Å². The Bertz CT molecular complexity index is 3040. The highest BCUT2D eigenvalue weighted by molar-refractivity contribution is 6.13. The van der Waals surface area contributed by atoms with E-state index in [1.807, 2.05) is 0 Å². The van der Waals surface area contributed by atoms with Crippen molar-refractivity contribution in [3.8, 4) is 27.9 Å². The van der Waals surface area contributed by atoms with E-state index in [1.54, 1.807) is 0 Å². The van der Waals surface area contributed by atoms with E-state index in [0.29, 0.717) is 0 Å². The Morgan fingerprint density at radius 1 is 0.364 bits per heavy atom. The van der Waals surface area contributed by atoms with Gasteiger partial charge < -0.3 is 9.47 Å². The van der Waals surface area contributed by atoms with Gasteiger partial charge in [-0.05, 0) is 140 Å². The van der Waals surface area contributed by atoms with E-state index in [0.717, 1.165) is 17.1 Å². The van der Waals surface area contributed by atoms with Crippen LogP contribution in [0.3, 0.4) is 0 Å². The van der Waals surface area contributed by atoms with Crippen LogP contribution in [0.4, 0.5) is 17.1 Å². The van der Waals surface area contributed by atoms with Crippen molar-refractivity contribution in [2.75, 3.05) is 4.90 Å². The van der Waals surface area contributed by atoms with Crippen molar-refractivity contribution >= 4 is 60.4 Å². The molecule has 0 atom stereocenters. The summed E-state index contributed by atoms with van der Waals surface area (Å²) >= 11 is 0. The van der Waals surface area contributed by atoms with Gasteiger partial charge in [-0.25, -0.2) is 0 Å². The third-order valence-corrected chi connectivity index (χ3v) is 12.0. The molecule has 10 aromatic rings. The molecule has 260 valence electrons. The van der Waals surface area contributed by atoms with Crippen molar-refractivity contribution < 1.29 is 0 Å². The highest BCUT2D eigenvalue weighted by atomic mass is 15.1. The van der Waals surface area contributed by atoms with Gasteiger partial charge in [0, 0.05) is 38.9 Å². The Morgan fingerprint density at radius 2 is 0.818 bits per heavy atom. The van der Waals surface area contributed by atoms with Gasteiger partial charge in [0.05, 0.1) is 11.0 Å². The average Bonchev–Trinajstić information content (AvgIpc) is 3.58. The summed E-state index contributed by atoms with van der Waals surface area (Å²) in [5.41, 5.74) is 14.9. The fraction of sp³-hybridized carbons (Fsp3) is 0.0566. The molecule has 1 aliphatic rings. The number of para-hydroxylation sites is 3. The molecule has 0 radical (unpaired) electrons. The molecule has 0 unspecified atom stereocenters. The third-order valence-electron chi connectivity index (χ3n) is 12.0. The molecule has 9 aromatic carbocycles. The minimum atomic E-state index is -0.101. The van der Waals surface area contributed by atoms with Gasteiger partial charge in [0.15, 0.2) is 0 Å². The second-order valence-corrected chi connectivity index (χ2v) is 15.4. The smallest absolute Gasteiger partial charge is 0.0541 e. The zero-order chi connectivity index (χ0) is 36.7. The second-order valence-electron chi connectivity index (χ2n) is 15.4. The number of hydrogen-bond donors (Lipinski definition) is 0. The first kappa shape index (κ1) is 31.6. The molecular weight excluding hydrogens is 665 g/mol. The molecule has 0 bridgehead atoms. The van der Waals surface area contributed by atoms with Crippen molar-refractivity contribution in [3.63, 3.8) is 0 Å². The lowest BCUT2D eigenvalue weighted by molar-refractivity contribution is 0.641. The quantitative estimate of drug-likeness (QED) is 0.167. The molecule has 1 aromatic heterocycles. The van der Waals surface area contributed by atoms with Crippen molar-refractivity contribution in [3.05, 3.63) is 205 Å². The SMILES string of the molecule is CC(C)(c1ccccc1)c1ccc(N(c2ccccc2)c2ccc3cc4c(cc3c2)-c2cc3cc(-n5c6ccccc6c6ccccc65)ccc3cc2-4)cc1. The van der Waals surface area contributed by atoms with Gasteiger partial charge in [-0.3, -0.25) is 0 Å². The summed E-state index contributed by atoms with van der Waals surface area (Å²) < 4.78 is 2.41. The minimum absolute atomic E-state index is 0.101. The van der Waals surface area contributed by atoms with Crippen LogP contribution >= 0.6 is 0 Å². The second kappa shape index (κ2) is 12.1. The Kier molecular flexibility index (Phi) is 6.93. The molecule has 0 saturated heterocycles. The lowest BCUT2D eigenvalue weighted by Crippen LogP contribution is -2.19. The van der Waals surface area contributed by atoms with Crippen molar-refractivity contribution in [1.82, 2.24) is 4.57 Å². The molecule has 55 heavy (non-hydrogen) atoms. The van der Waals surface area contributed by atoms with Gasteiger partial charge in [-0.2, -0.15) is 0 Å². The number of aromatic nitrogens is 1. The van der Waals surface area contributed by atoms with Crippen LogP contribution in [0.2, 0.25) is 0 Å². The molecule has 2 nitrogen and oxygen atoms in total. The Balaban J connectivity index is 0.981. The van der Waals surface area contributed by atoms with Crippen LogP contribution in [-0.4, -0.2) is 4.57 Å². The fourth-order valence-electron chi connectivity index (χ4n) is 8.95. The first-order valence-electron chi connectivity index (χ1n) is 19.2. The van der Waals surface area contributed by atoms with Crippen molar-refractivity contribution in [2.45, 2.75) is 19.3 Å². The van der Waals surface area contributed by atoms with E-state index < -0.39 is 0 Å². The van der Waals surface area contributed by atoms with Crippen LogP contribution in [0, 0.1) is 0 Å². The monoisotopic (exact) mass is 702 g/mol. The topological polar surface area (TPSA) is 8.17 Å². The Labute approximate surface area is 321 Å². The lowest BCUT2D eigenvalue weighted by Gasteiger charge is -2.29. The first-order valence-corrected chi connectivity index (χ1v) is 19.2. The molecular formula is C53H38N2. The van der Waals surface area contributed by atoms with E-state index in [1.165, 1.54) is 82.4 Å². The van der Waals surface area contributed by atoms with Gasteiger partial charge in [0.25, 0.3) is 0 Å². The molecule has 1 aliphatic carbocycles. The van der Waals surface area contributed by atoms with E-state index in [9.17, 15) is 0 Å². The summed E-state index contributed by atoms with van der Waals surface area (Å²) in [4.78, 5) is 2.37. The third kappa shape index (κ3) is 4.95. The number of fused-ring (bicyclic) bond motifs is 9. The van der Waals surface area contributed by atoms with E-state index in [4.69, 9.17) is 0 Å². The molecule has 0 spiro atoms. The number of anilines is 3. The number of rotatable bonds is 6. The zero-order valence-corrected chi connectivity index (χ0v) is 30.9. The number of nitrogens with zero attached hydrogens (tertiary/aromatic N) is 2. The first-order chi connectivity index (χ1) is 27.0. The van der Waals surface area contributed by atoms with Gasteiger partial charge in [-0.1, -0.05) is 123 Å². The van der Waals surface area contributed by atoms with Crippen molar-refractivity contribution in [1.29, 1.82) is 0 Å². The summed E-state index contributed by atoms with van der Waals surface area (Å²) in [5.74, 6) is 0. The molecule has 0 aliphatic heterocycles. The lowest BCUT2D eigenvalue weighted by atomic mass is 9.78. The van der Waals surface area contributed by atoms with Crippen LogP contribution in [0.5, 0.6) is 0 Å². The summed E-state index contributed by atoms with van der Waals surface area (Å²) in [6.45, 7) is 4.61. The number of hydrogen-bond acceptors (Lipinski definition) is 1. The molecule has 0 amide bonds. The predicted octanol–water partition coefficient (Wildman–Crippen LogP) is 14.5. The largest absolute Gasteiger partial charge is 0.310 e.